The molecule has 1 aromatic heterocycles. The molecule has 8 heteroatoms. The third-order valence-corrected chi connectivity index (χ3v) is 7.60. The van der Waals surface area contributed by atoms with Gasteiger partial charge < -0.3 is 9.84 Å². The fraction of sp³-hybridized carbons (Fsp3) is 0.500. The molecule has 0 fully saturated rings. The SMILES string of the molecule is CCCC1(CCC)OC(=O)C(C(c2cccc(CS(=O)(=O)c3ncccn3)c2)C(C)(C)C)=C1O. The summed E-state index contributed by atoms with van der Waals surface area (Å²) in [4.78, 5) is 20.9. The molecule has 0 saturated heterocycles. The Hall–Kier alpha value is -2.74. The Morgan fingerprint density at radius 3 is 2.24 bits per heavy atom. The van der Waals surface area contributed by atoms with Crippen molar-refractivity contribution in [1.29, 1.82) is 0 Å². The molecule has 1 aliphatic rings. The monoisotopic (exact) mass is 486 g/mol. The highest BCUT2D eigenvalue weighted by atomic mass is 32.2. The fourth-order valence-corrected chi connectivity index (χ4v) is 6.03. The topological polar surface area (TPSA) is 106 Å². The van der Waals surface area contributed by atoms with Crippen LogP contribution in [0.5, 0.6) is 0 Å². The molecule has 2 aromatic rings. The molecule has 34 heavy (non-hydrogen) atoms. The smallest absolute Gasteiger partial charge is 0.339 e. The summed E-state index contributed by atoms with van der Waals surface area (Å²) in [6.07, 6.45) is 5.42. The van der Waals surface area contributed by atoms with Crippen molar-refractivity contribution in [2.45, 2.75) is 82.7 Å². The first-order valence-corrected chi connectivity index (χ1v) is 13.4. The molecule has 0 radical (unpaired) electrons. The van der Waals surface area contributed by atoms with Crippen molar-refractivity contribution >= 4 is 15.8 Å². The molecule has 2 heterocycles. The Morgan fingerprint density at radius 1 is 1.06 bits per heavy atom. The van der Waals surface area contributed by atoms with Crippen molar-refractivity contribution in [3.05, 3.63) is 65.2 Å². The summed E-state index contributed by atoms with van der Waals surface area (Å²) in [5.74, 6) is -1.25. The van der Waals surface area contributed by atoms with E-state index in [2.05, 4.69) is 9.97 Å². The van der Waals surface area contributed by atoms with Crippen LogP contribution < -0.4 is 0 Å². The number of esters is 1. The largest absolute Gasteiger partial charge is 0.507 e. The summed E-state index contributed by atoms with van der Waals surface area (Å²) in [5.41, 5.74) is 0.123. The van der Waals surface area contributed by atoms with E-state index in [4.69, 9.17) is 4.74 Å². The summed E-state index contributed by atoms with van der Waals surface area (Å²) in [7, 11) is -3.74. The van der Waals surface area contributed by atoms with Crippen LogP contribution in [0.4, 0.5) is 0 Å². The molecule has 1 unspecified atom stereocenters. The van der Waals surface area contributed by atoms with Gasteiger partial charge in [-0.25, -0.2) is 23.2 Å². The van der Waals surface area contributed by atoms with Crippen molar-refractivity contribution < 1.29 is 23.1 Å². The minimum absolute atomic E-state index is 0.0110. The first kappa shape index (κ1) is 25.9. The number of carbonyl (C=O) groups is 1. The van der Waals surface area contributed by atoms with Gasteiger partial charge in [0, 0.05) is 18.3 Å². The van der Waals surface area contributed by atoms with Crippen LogP contribution in [0.2, 0.25) is 0 Å². The molecule has 184 valence electrons. The zero-order chi connectivity index (χ0) is 25.1. The van der Waals surface area contributed by atoms with E-state index in [0.717, 1.165) is 18.4 Å². The normalized spacial score (nSPS) is 17.0. The number of sulfone groups is 1. The second-order valence-corrected chi connectivity index (χ2v) is 11.9. The number of ether oxygens (including phenoxy) is 1. The number of hydrogen-bond acceptors (Lipinski definition) is 7. The molecule has 0 amide bonds. The summed E-state index contributed by atoms with van der Waals surface area (Å²) in [6, 6.07) is 8.70. The fourth-order valence-electron chi connectivity index (χ4n) is 4.84. The third-order valence-electron chi connectivity index (χ3n) is 6.12. The van der Waals surface area contributed by atoms with Crippen LogP contribution >= 0.6 is 0 Å². The minimum Gasteiger partial charge on any atom is -0.507 e. The standard InChI is InChI=1S/C26H34N2O5S/c1-6-12-26(13-7-2)22(29)20(23(30)33-26)21(25(3,4)5)19-11-8-10-18(16-19)17-34(31,32)24-27-14-9-15-28-24/h8-11,14-16,21,29H,6-7,12-13,17H2,1-5H3. The predicted molar refractivity (Wildman–Crippen MR) is 130 cm³/mol. The maximum atomic E-state index is 13.2. The number of aromatic nitrogens is 2. The lowest BCUT2D eigenvalue weighted by molar-refractivity contribution is -0.150. The van der Waals surface area contributed by atoms with E-state index in [9.17, 15) is 18.3 Å². The molecule has 1 atom stereocenters. The summed E-state index contributed by atoms with van der Waals surface area (Å²) in [5, 5.41) is 11.1. The van der Waals surface area contributed by atoms with Gasteiger partial charge in [0.05, 0.1) is 11.3 Å². The van der Waals surface area contributed by atoms with Gasteiger partial charge in [0.1, 0.15) is 5.76 Å². The third kappa shape index (κ3) is 5.17. The second kappa shape index (κ2) is 9.86. The van der Waals surface area contributed by atoms with Crippen LogP contribution in [0, 0.1) is 5.41 Å². The van der Waals surface area contributed by atoms with Gasteiger partial charge in [-0.2, -0.15) is 0 Å². The highest BCUT2D eigenvalue weighted by Crippen LogP contribution is 2.49. The lowest BCUT2D eigenvalue weighted by atomic mass is 9.71. The van der Waals surface area contributed by atoms with Crippen LogP contribution in [0.1, 0.15) is 77.3 Å². The Labute approximate surface area is 202 Å². The van der Waals surface area contributed by atoms with E-state index in [1.54, 1.807) is 24.3 Å². The van der Waals surface area contributed by atoms with Crippen molar-refractivity contribution in [2.75, 3.05) is 0 Å². The molecule has 0 bridgehead atoms. The Kier molecular flexibility index (Phi) is 7.50. The molecule has 0 spiro atoms. The van der Waals surface area contributed by atoms with Gasteiger partial charge in [0.25, 0.3) is 0 Å². The van der Waals surface area contributed by atoms with Crippen molar-refractivity contribution in [3.63, 3.8) is 0 Å². The molecule has 0 saturated carbocycles. The number of carbonyl (C=O) groups excluding carboxylic acids is 1. The minimum atomic E-state index is -3.74. The Morgan fingerprint density at radius 2 is 1.68 bits per heavy atom. The van der Waals surface area contributed by atoms with Crippen molar-refractivity contribution in [1.82, 2.24) is 9.97 Å². The van der Waals surface area contributed by atoms with Crippen LogP contribution in [-0.4, -0.2) is 35.1 Å². The number of nitrogens with zero attached hydrogens (tertiary/aromatic N) is 2. The number of benzene rings is 1. The van der Waals surface area contributed by atoms with Gasteiger partial charge in [0.15, 0.2) is 5.60 Å². The van der Waals surface area contributed by atoms with Crippen LogP contribution in [0.15, 0.2) is 59.2 Å². The van der Waals surface area contributed by atoms with Crippen LogP contribution in [-0.2, 0) is 25.1 Å². The number of rotatable bonds is 9. The molecule has 1 N–H and O–H groups in total. The van der Waals surface area contributed by atoms with Gasteiger partial charge in [0.2, 0.25) is 15.0 Å². The highest BCUT2D eigenvalue weighted by Gasteiger charge is 2.51. The molecule has 0 aliphatic carbocycles. The van der Waals surface area contributed by atoms with Crippen molar-refractivity contribution in [2.24, 2.45) is 5.41 Å². The summed E-state index contributed by atoms with van der Waals surface area (Å²) >= 11 is 0. The van der Waals surface area contributed by atoms with Crippen LogP contribution in [0.3, 0.4) is 0 Å². The molecule has 1 aromatic carbocycles. The van der Waals surface area contributed by atoms with E-state index in [0.29, 0.717) is 18.4 Å². The number of cyclic esters (lactones) is 1. The van der Waals surface area contributed by atoms with Gasteiger partial charge in [-0.3, -0.25) is 0 Å². The Bertz CT molecular complexity index is 1160. The molecular weight excluding hydrogens is 452 g/mol. The lowest BCUT2D eigenvalue weighted by Crippen LogP contribution is -2.31. The lowest BCUT2D eigenvalue weighted by Gasteiger charge is -2.31. The Balaban J connectivity index is 2.07. The van der Waals surface area contributed by atoms with E-state index in [1.165, 1.54) is 12.4 Å². The average molecular weight is 487 g/mol. The predicted octanol–water partition coefficient (Wildman–Crippen LogP) is 5.29. The van der Waals surface area contributed by atoms with Gasteiger partial charge in [-0.15, -0.1) is 0 Å². The maximum absolute atomic E-state index is 13.2. The van der Waals surface area contributed by atoms with E-state index >= 15 is 0 Å². The second-order valence-electron chi connectivity index (χ2n) is 9.98. The molecule has 3 rings (SSSR count). The first-order chi connectivity index (χ1) is 15.9. The highest BCUT2D eigenvalue weighted by molar-refractivity contribution is 7.90. The zero-order valence-electron chi connectivity index (χ0n) is 20.5. The van der Waals surface area contributed by atoms with Gasteiger partial charge in [-0.05, 0) is 35.4 Å². The molecule has 7 nitrogen and oxygen atoms in total. The van der Waals surface area contributed by atoms with Gasteiger partial charge in [-0.1, -0.05) is 71.7 Å². The molecular formula is C26H34N2O5S. The summed E-state index contributed by atoms with van der Waals surface area (Å²) in [6.45, 7) is 9.97. The van der Waals surface area contributed by atoms with E-state index in [1.807, 2.05) is 40.7 Å². The van der Waals surface area contributed by atoms with Gasteiger partial charge >= 0.3 is 5.97 Å². The molecule has 1 aliphatic heterocycles. The van der Waals surface area contributed by atoms with Crippen molar-refractivity contribution in [3.8, 4) is 0 Å². The van der Waals surface area contributed by atoms with E-state index < -0.39 is 32.7 Å². The van der Waals surface area contributed by atoms with Crippen LogP contribution in [0.25, 0.3) is 0 Å². The number of aliphatic hydroxyl groups excluding tert-OH is 1. The number of aliphatic hydroxyl groups is 1. The maximum Gasteiger partial charge on any atom is 0.339 e. The average Bonchev–Trinajstić information content (AvgIpc) is 2.98. The summed E-state index contributed by atoms with van der Waals surface area (Å²) < 4.78 is 31.5. The number of hydrogen-bond donors (Lipinski definition) is 1. The first-order valence-electron chi connectivity index (χ1n) is 11.7. The quantitative estimate of drug-likeness (QED) is 0.379. The zero-order valence-corrected chi connectivity index (χ0v) is 21.4. The van der Waals surface area contributed by atoms with E-state index in [-0.39, 0.29) is 22.2 Å².